The van der Waals surface area contributed by atoms with E-state index in [0.717, 1.165) is 16.1 Å². The van der Waals surface area contributed by atoms with Crippen LogP contribution in [0, 0.1) is 6.92 Å². The van der Waals surface area contributed by atoms with E-state index in [1.165, 1.54) is 11.3 Å². The molecule has 0 radical (unpaired) electrons. The van der Waals surface area contributed by atoms with Crippen LogP contribution in [0.1, 0.15) is 20.9 Å². The summed E-state index contributed by atoms with van der Waals surface area (Å²) >= 11 is 1.31. The Morgan fingerprint density at radius 1 is 1.04 bits per heavy atom. The number of hydrogen-bond acceptors (Lipinski definition) is 5. The minimum absolute atomic E-state index is 0.177. The fraction of sp³-hybridized carbons (Fsp3) is 0.150. The van der Waals surface area contributed by atoms with E-state index in [2.05, 4.69) is 10.3 Å². The molecule has 1 amide bonds. The van der Waals surface area contributed by atoms with Crippen molar-refractivity contribution in [3.63, 3.8) is 0 Å². The van der Waals surface area contributed by atoms with Gasteiger partial charge in [0.25, 0.3) is 5.91 Å². The molecule has 0 aliphatic heterocycles. The summed E-state index contributed by atoms with van der Waals surface area (Å²) in [6.07, 6.45) is 0. The molecule has 1 heterocycles. The molecule has 1 N–H and O–H groups in total. The van der Waals surface area contributed by atoms with Crippen LogP contribution in [0.15, 0.2) is 60.7 Å². The maximum absolute atomic E-state index is 12.3. The van der Waals surface area contributed by atoms with Crippen molar-refractivity contribution in [1.82, 2.24) is 10.3 Å². The standard InChI is InChI=1S/C20H18N2O3S/c1-14-18(26-20(22-14)16-10-6-3-7-11-16)19(24)21-12-17(23)25-13-15-8-4-2-5-9-15/h2-11H,12-13H2,1H3,(H,21,24). The molecule has 0 atom stereocenters. The van der Waals surface area contributed by atoms with Gasteiger partial charge in [-0.3, -0.25) is 9.59 Å². The lowest BCUT2D eigenvalue weighted by Crippen LogP contribution is -2.30. The summed E-state index contributed by atoms with van der Waals surface area (Å²) < 4.78 is 5.15. The number of esters is 1. The highest BCUT2D eigenvalue weighted by molar-refractivity contribution is 7.17. The zero-order valence-electron chi connectivity index (χ0n) is 14.3. The third-order valence-corrected chi connectivity index (χ3v) is 4.86. The molecule has 26 heavy (non-hydrogen) atoms. The van der Waals surface area contributed by atoms with Crippen LogP contribution in [0.3, 0.4) is 0 Å². The Balaban J connectivity index is 1.55. The maximum atomic E-state index is 12.3. The largest absolute Gasteiger partial charge is 0.460 e. The van der Waals surface area contributed by atoms with Crippen LogP contribution in [0.5, 0.6) is 0 Å². The molecule has 6 heteroatoms. The highest BCUT2D eigenvalue weighted by Crippen LogP contribution is 2.27. The molecule has 132 valence electrons. The third kappa shape index (κ3) is 4.55. The zero-order valence-corrected chi connectivity index (χ0v) is 15.1. The quantitative estimate of drug-likeness (QED) is 0.677. The summed E-state index contributed by atoms with van der Waals surface area (Å²) in [5.41, 5.74) is 2.50. The topological polar surface area (TPSA) is 68.3 Å². The van der Waals surface area contributed by atoms with Crippen molar-refractivity contribution in [2.24, 2.45) is 0 Å². The number of hydrogen-bond donors (Lipinski definition) is 1. The molecule has 0 fully saturated rings. The van der Waals surface area contributed by atoms with E-state index in [9.17, 15) is 9.59 Å². The first-order chi connectivity index (χ1) is 12.6. The summed E-state index contributed by atoms with van der Waals surface area (Å²) in [7, 11) is 0. The molecule has 3 rings (SSSR count). The van der Waals surface area contributed by atoms with Crippen LogP contribution in [-0.2, 0) is 16.1 Å². The Bertz CT molecular complexity index is 892. The minimum atomic E-state index is -0.479. The zero-order chi connectivity index (χ0) is 18.4. The van der Waals surface area contributed by atoms with E-state index < -0.39 is 5.97 Å². The minimum Gasteiger partial charge on any atom is -0.460 e. The van der Waals surface area contributed by atoms with Crippen molar-refractivity contribution in [2.45, 2.75) is 13.5 Å². The fourth-order valence-corrected chi connectivity index (χ4v) is 3.32. The van der Waals surface area contributed by atoms with Gasteiger partial charge in [-0.05, 0) is 12.5 Å². The van der Waals surface area contributed by atoms with Crippen LogP contribution in [0.25, 0.3) is 10.6 Å². The summed E-state index contributed by atoms with van der Waals surface area (Å²) in [4.78, 5) is 29.1. The molecule has 0 spiro atoms. The van der Waals surface area contributed by atoms with E-state index in [4.69, 9.17) is 4.74 Å². The maximum Gasteiger partial charge on any atom is 0.325 e. The number of amides is 1. The third-order valence-electron chi connectivity index (χ3n) is 3.66. The SMILES string of the molecule is Cc1nc(-c2ccccc2)sc1C(=O)NCC(=O)OCc1ccccc1. The molecule has 0 unspecified atom stereocenters. The van der Waals surface area contributed by atoms with Crippen molar-refractivity contribution < 1.29 is 14.3 Å². The van der Waals surface area contributed by atoms with Crippen molar-refractivity contribution in [2.75, 3.05) is 6.54 Å². The summed E-state index contributed by atoms with van der Waals surface area (Å²) in [6, 6.07) is 19.1. The predicted molar refractivity (Wildman–Crippen MR) is 101 cm³/mol. The van der Waals surface area contributed by atoms with E-state index in [1.807, 2.05) is 60.7 Å². The monoisotopic (exact) mass is 366 g/mol. The average Bonchev–Trinajstić information content (AvgIpc) is 3.08. The van der Waals surface area contributed by atoms with Crippen LogP contribution >= 0.6 is 11.3 Å². The summed E-state index contributed by atoms with van der Waals surface area (Å²) in [5.74, 6) is -0.800. The molecule has 3 aromatic rings. The van der Waals surface area contributed by atoms with Crippen LogP contribution in [0.2, 0.25) is 0 Å². The highest BCUT2D eigenvalue weighted by atomic mass is 32.1. The lowest BCUT2D eigenvalue weighted by Gasteiger charge is -2.06. The second-order valence-corrected chi connectivity index (χ2v) is 6.63. The van der Waals surface area contributed by atoms with Crippen LogP contribution in [-0.4, -0.2) is 23.4 Å². The average molecular weight is 366 g/mol. The van der Waals surface area contributed by atoms with Gasteiger partial charge in [0, 0.05) is 5.56 Å². The van der Waals surface area contributed by atoms with Gasteiger partial charge in [0.15, 0.2) is 0 Å². The number of nitrogens with one attached hydrogen (secondary N) is 1. The first-order valence-electron chi connectivity index (χ1n) is 8.14. The molecule has 0 aliphatic rings. The number of rotatable bonds is 6. The van der Waals surface area contributed by atoms with Crippen molar-refractivity contribution in [3.05, 3.63) is 76.8 Å². The number of ether oxygens (including phenoxy) is 1. The number of carbonyl (C=O) groups excluding carboxylic acids is 2. The van der Waals surface area contributed by atoms with Gasteiger partial charge in [0.2, 0.25) is 0 Å². The van der Waals surface area contributed by atoms with Gasteiger partial charge in [-0.25, -0.2) is 4.98 Å². The predicted octanol–water partition coefficient (Wildman–Crippen LogP) is 3.59. The van der Waals surface area contributed by atoms with Gasteiger partial charge in [0.1, 0.15) is 23.0 Å². The Labute approximate surface area is 155 Å². The number of aromatic nitrogens is 1. The second-order valence-electron chi connectivity index (χ2n) is 5.63. The van der Waals surface area contributed by atoms with Crippen molar-refractivity contribution in [1.29, 1.82) is 0 Å². The van der Waals surface area contributed by atoms with Crippen molar-refractivity contribution in [3.8, 4) is 10.6 Å². The number of aryl methyl sites for hydroxylation is 1. The van der Waals surface area contributed by atoms with Crippen LogP contribution < -0.4 is 5.32 Å². The molecule has 0 saturated carbocycles. The molecular weight excluding hydrogens is 348 g/mol. The molecule has 2 aromatic carbocycles. The Hall–Kier alpha value is -2.99. The van der Waals surface area contributed by atoms with E-state index >= 15 is 0 Å². The van der Waals surface area contributed by atoms with Gasteiger partial charge in [-0.1, -0.05) is 60.7 Å². The molecule has 0 bridgehead atoms. The first kappa shape index (κ1) is 17.8. The number of benzene rings is 2. The summed E-state index contributed by atoms with van der Waals surface area (Å²) in [6.45, 7) is 1.79. The molecule has 1 aromatic heterocycles. The Morgan fingerprint density at radius 3 is 2.38 bits per heavy atom. The smallest absolute Gasteiger partial charge is 0.325 e. The van der Waals surface area contributed by atoms with E-state index in [1.54, 1.807) is 6.92 Å². The van der Waals surface area contributed by atoms with Crippen LogP contribution in [0.4, 0.5) is 0 Å². The normalized spacial score (nSPS) is 10.3. The fourth-order valence-electron chi connectivity index (χ4n) is 2.33. The lowest BCUT2D eigenvalue weighted by atomic mass is 10.2. The van der Waals surface area contributed by atoms with Gasteiger partial charge >= 0.3 is 5.97 Å². The molecule has 0 saturated heterocycles. The first-order valence-corrected chi connectivity index (χ1v) is 8.96. The molecule has 5 nitrogen and oxygen atoms in total. The highest BCUT2D eigenvalue weighted by Gasteiger charge is 2.17. The summed E-state index contributed by atoms with van der Waals surface area (Å²) in [5, 5.41) is 3.38. The number of thiazole rings is 1. The van der Waals surface area contributed by atoms with Gasteiger partial charge in [-0.2, -0.15) is 0 Å². The van der Waals surface area contributed by atoms with Gasteiger partial charge in [0.05, 0.1) is 5.69 Å². The van der Waals surface area contributed by atoms with Gasteiger partial charge < -0.3 is 10.1 Å². The second kappa shape index (κ2) is 8.40. The number of nitrogens with zero attached hydrogens (tertiary/aromatic N) is 1. The van der Waals surface area contributed by atoms with Crippen molar-refractivity contribution >= 4 is 23.2 Å². The molecule has 0 aliphatic carbocycles. The van der Waals surface area contributed by atoms with Gasteiger partial charge in [-0.15, -0.1) is 11.3 Å². The number of carbonyl (C=O) groups is 2. The Morgan fingerprint density at radius 2 is 1.69 bits per heavy atom. The lowest BCUT2D eigenvalue weighted by molar-refractivity contribution is -0.143. The molecular formula is C20H18N2O3S. The van der Waals surface area contributed by atoms with E-state index in [-0.39, 0.29) is 19.1 Å². The Kier molecular flexibility index (Phi) is 5.76. The van der Waals surface area contributed by atoms with E-state index in [0.29, 0.717) is 10.6 Å².